The summed E-state index contributed by atoms with van der Waals surface area (Å²) in [5, 5.41) is 11.0. The Labute approximate surface area is 124 Å². The molecule has 2 rings (SSSR count). The minimum absolute atomic E-state index is 0.581. The van der Waals surface area contributed by atoms with Crippen molar-refractivity contribution in [2.45, 2.75) is 71.3 Å². The quantitative estimate of drug-likeness (QED) is 0.795. The van der Waals surface area contributed by atoms with Gasteiger partial charge in [-0.2, -0.15) is 0 Å². The molecule has 1 heteroatoms. The normalized spacial score (nSPS) is 26.9. The van der Waals surface area contributed by atoms with Crippen LogP contribution in [0.5, 0.6) is 0 Å². The minimum atomic E-state index is -0.581. The Bertz CT molecular complexity index is 406. The van der Waals surface area contributed by atoms with Crippen LogP contribution in [0.15, 0.2) is 24.3 Å². The van der Waals surface area contributed by atoms with Gasteiger partial charge in [0.1, 0.15) is 0 Å². The summed E-state index contributed by atoms with van der Waals surface area (Å²) >= 11 is 0. The summed E-state index contributed by atoms with van der Waals surface area (Å²) in [7, 11) is 0. The Morgan fingerprint density at radius 2 is 1.95 bits per heavy atom. The van der Waals surface area contributed by atoms with E-state index in [9.17, 15) is 5.11 Å². The summed E-state index contributed by atoms with van der Waals surface area (Å²) < 4.78 is 0. The molecule has 2 unspecified atom stereocenters. The van der Waals surface area contributed by atoms with E-state index in [1.165, 1.54) is 24.8 Å². The second-order valence-corrected chi connectivity index (χ2v) is 7.07. The Kier molecular flexibility index (Phi) is 5.26. The van der Waals surface area contributed by atoms with Gasteiger partial charge < -0.3 is 5.11 Å². The van der Waals surface area contributed by atoms with Gasteiger partial charge in [-0.25, -0.2) is 0 Å². The predicted octanol–water partition coefficient (Wildman–Crippen LogP) is 5.06. The van der Waals surface area contributed by atoms with Gasteiger partial charge in [-0.05, 0) is 55.1 Å². The van der Waals surface area contributed by atoms with Gasteiger partial charge in [-0.1, -0.05) is 57.9 Å². The molecule has 0 radical (unpaired) electrons. The molecule has 2 atom stereocenters. The van der Waals surface area contributed by atoms with Crippen LogP contribution in [0.1, 0.15) is 70.4 Å². The zero-order valence-corrected chi connectivity index (χ0v) is 13.4. The molecule has 1 aromatic rings. The number of hydrogen-bond donors (Lipinski definition) is 1. The third-order valence-corrected chi connectivity index (χ3v) is 4.66. The predicted molar refractivity (Wildman–Crippen MR) is 85.7 cm³/mol. The molecule has 1 fully saturated rings. The smallest absolute Gasteiger partial charge is 0.0899 e. The minimum Gasteiger partial charge on any atom is -0.385 e. The second-order valence-electron chi connectivity index (χ2n) is 7.07. The molecule has 0 bridgehead atoms. The largest absolute Gasteiger partial charge is 0.385 e. The van der Waals surface area contributed by atoms with Crippen molar-refractivity contribution in [1.29, 1.82) is 0 Å². The van der Waals surface area contributed by atoms with Crippen LogP contribution in [-0.2, 0) is 12.0 Å². The lowest BCUT2D eigenvalue weighted by molar-refractivity contribution is -0.0244. The highest BCUT2D eigenvalue weighted by Crippen LogP contribution is 2.42. The lowest BCUT2D eigenvalue weighted by Gasteiger charge is -2.38. The molecule has 1 aliphatic rings. The maximum Gasteiger partial charge on any atom is 0.0899 e. The van der Waals surface area contributed by atoms with Gasteiger partial charge in [0.15, 0.2) is 0 Å². The Balaban J connectivity index is 2.08. The van der Waals surface area contributed by atoms with Crippen molar-refractivity contribution in [3.05, 3.63) is 35.4 Å². The summed E-state index contributed by atoms with van der Waals surface area (Å²) in [5.74, 6) is 1.42. The zero-order valence-electron chi connectivity index (χ0n) is 13.4. The first-order valence-electron chi connectivity index (χ1n) is 8.35. The average molecular weight is 274 g/mol. The van der Waals surface area contributed by atoms with Crippen LogP contribution in [0.2, 0.25) is 0 Å². The molecule has 20 heavy (non-hydrogen) atoms. The lowest BCUT2D eigenvalue weighted by atomic mass is 9.72. The van der Waals surface area contributed by atoms with E-state index in [-0.39, 0.29) is 0 Å². The molecule has 112 valence electrons. The van der Waals surface area contributed by atoms with Gasteiger partial charge in [-0.15, -0.1) is 0 Å². The standard InChI is InChI=1S/C19H30O/c1-4-6-16-8-10-18(11-9-16)19(20)12-5-7-17(14-19)13-15(2)3/h8-11,15,17,20H,4-7,12-14H2,1-3H3. The molecule has 1 nitrogen and oxygen atoms in total. The van der Waals surface area contributed by atoms with Gasteiger partial charge in [0, 0.05) is 0 Å². The van der Waals surface area contributed by atoms with Gasteiger partial charge in [-0.3, -0.25) is 0 Å². The third-order valence-electron chi connectivity index (χ3n) is 4.66. The van der Waals surface area contributed by atoms with Crippen LogP contribution in [0.25, 0.3) is 0 Å². The van der Waals surface area contributed by atoms with Gasteiger partial charge in [0.2, 0.25) is 0 Å². The first kappa shape index (κ1) is 15.6. The van der Waals surface area contributed by atoms with E-state index in [2.05, 4.69) is 45.0 Å². The van der Waals surface area contributed by atoms with Gasteiger partial charge in [0.25, 0.3) is 0 Å². The van der Waals surface area contributed by atoms with Crippen LogP contribution < -0.4 is 0 Å². The highest BCUT2D eigenvalue weighted by Gasteiger charge is 2.35. The highest BCUT2D eigenvalue weighted by molar-refractivity contribution is 5.28. The van der Waals surface area contributed by atoms with Crippen LogP contribution in [-0.4, -0.2) is 5.11 Å². The molecule has 0 heterocycles. The summed E-state index contributed by atoms with van der Waals surface area (Å²) in [6, 6.07) is 8.71. The fraction of sp³-hybridized carbons (Fsp3) is 0.684. The molecule has 0 amide bonds. The number of benzene rings is 1. The molecular weight excluding hydrogens is 244 g/mol. The molecule has 0 saturated heterocycles. The number of aryl methyl sites for hydroxylation is 1. The Morgan fingerprint density at radius 1 is 1.25 bits per heavy atom. The van der Waals surface area contributed by atoms with Crippen LogP contribution in [0, 0.1) is 11.8 Å². The Morgan fingerprint density at radius 3 is 2.55 bits per heavy atom. The molecule has 1 saturated carbocycles. The summed E-state index contributed by atoms with van der Waals surface area (Å²) in [4.78, 5) is 0. The summed E-state index contributed by atoms with van der Waals surface area (Å²) in [6.07, 6.45) is 7.87. The topological polar surface area (TPSA) is 20.2 Å². The highest BCUT2D eigenvalue weighted by atomic mass is 16.3. The first-order chi connectivity index (χ1) is 9.53. The SMILES string of the molecule is CCCc1ccc(C2(O)CCCC(CC(C)C)C2)cc1. The van der Waals surface area contributed by atoms with Crippen molar-refractivity contribution in [2.75, 3.05) is 0 Å². The van der Waals surface area contributed by atoms with Crippen molar-refractivity contribution >= 4 is 0 Å². The van der Waals surface area contributed by atoms with E-state index >= 15 is 0 Å². The number of hydrogen-bond acceptors (Lipinski definition) is 1. The molecule has 1 aliphatic carbocycles. The summed E-state index contributed by atoms with van der Waals surface area (Å²) in [6.45, 7) is 6.78. The van der Waals surface area contributed by atoms with Crippen LogP contribution in [0.3, 0.4) is 0 Å². The fourth-order valence-electron chi connectivity index (χ4n) is 3.77. The maximum atomic E-state index is 11.0. The molecular formula is C19H30O. The lowest BCUT2D eigenvalue weighted by Crippen LogP contribution is -2.33. The first-order valence-corrected chi connectivity index (χ1v) is 8.35. The molecule has 1 N–H and O–H groups in total. The average Bonchev–Trinajstić information content (AvgIpc) is 2.39. The monoisotopic (exact) mass is 274 g/mol. The Hall–Kier alpha value is -0.820. The zero-order chi connectivity index (χ0) is 14.6. The molecule has 0 aliphatic heterocycles. The van der Waals surface area contributed by atoms with Crippen molar-refractivity contribution < 1.29 is 5.11 Å². The third kappa shape index (κ3) is 3.85. The number of aliphatic hydroxyl groups is 1. The summed E-state index contributed by atoms with van der Waals surface area (Å²) in [5.41, 5.74) is 1.93. The van der Waals surface area contributed by atoms with E-state index in [0.29, 0.717) is 5.92 Å². The van der Waals surface area contributed by atoms with E-state index in [4.69, 9.17) is 0 Å². The fourth-order valence-corrected chi connectivity index (χ4v) is 3.77. The van der Waals surface area contributed by atoms with Crippen molar-refractivity contribution in [3.8, 4) is 0 Å². The molecule has 1 aromatic carbocycles. The van der Waals surface area contributed by atoms with Crippen molar-refractivity contribution in [3.63, 3.8) is 0 Å². The van der Waals surface area contributed by atoms with E-state index in [1.54, 1.807) is 0 Å². The second kappa shape index (κ2) is 6.76. The molecule has 0 aromatic heterocycles. The number of rotatable bonds is 5. The van der Waals surface area contributed by atoms with Crippen LogP contribution in [0.4, 0.5) is 0 Å². The van der Waals surface area contributed by atoms with Crippen molar-refractivity contribution in [2.24, 2.45) is 11.8 Å². The molecule has 0 spiro atoms. The maximum absolute atomic E-state index is 11.0. The van der Waals surface area contributed by atoms with E-state index in [1.807, 2.05) is 0 Å². The van der Waals surface area contributed by atoms with Gasteiger partial charge in [0.05, 0.1) is 5.60 Å². The van der Waals surface area contributed by atoms with Crippen LogP contribution >= 0.6 is 0 Å². The van der Waals surface area contributed by atoms with E-state index in [0.717, 1.165) is 37.2 Å². The van der Waals surface area contributed by atoms with E-state index < -0.39 is 5.60 Å². The van der Waals surface area contributed by atoms with Crippen molar-refractivity contribution in [1.82, 2.24) is 0 Å². The van der Waals surface area contributed by atoms with Gasteiger partial charge >= 0.3 is 0 Å².